The molecule has 4 nitrogen and oxygen atoms in total. The summed E-state index contributed by atoms with van der Waals surface area (Å²) in [6, 6.07) is 4.21. The van der Waals surface area contributed by atoms with Crippen molar-refractivity contribution < 1.29 is 0 Å². The number of nitrogens with zero attached hydrogens (tertiary/aromatic N) is 3. The van der Waals surface area contributed by atoms with Crippen LogP contribution >= 0.6 is 0 Å². The number of hydrogen-bond acceptors (Lipinski definition) is 3. The summed E-state index contributed by atoms with van der Waals surface area (Å²) in [7, 11) is 0. The number of aryl methyl sites for hydroxylation is 2. The maximum atomic E-state index is 4.39. The van der Waals surface area contributed by atoms with Gasteiger partial charge in [-0.3, -0.25) is 0 Å². The van der Waals surface area contributed by atoms with Crippen LogP contribution in [0.25, 0.3) is 0 Å². The molecule has 19 heavy (non-hydrogen) atoms. The number of rotatable bonds is 5. The van der Waals surface area contributed by atoms with E-state index in [1.165, 1.54) is 17.0 Å². The summed E-state index contributed by atoms with van der Waals surface area (Å²) in [5.41, 5.74) is 5.09. The molecule has 2 aromatic heterocycles. The van der Waals surface area contributed by atoms with Crippen molar-refractivity contribution in [1.29, 1.82) is 0 Å². The molecule has 0 aliphatic heterocycles. The number of aromatic nitrogens is 3. The molecule has 0 aliphatic rings. The summed E-state index contributed by atoms with van der Waals surface area (Å²) in [6.45, 7) is 11.1. The van der Waals surface area contributed by atoms with Gasteiger partial charge in [0.1, 0.15) is 5.82 Å². The van der Waals surface area contributed by atoms with E-state index in [1.807, 2.05) is 19.2 Å². The van der Waals surface area contributed by atoms with E-state index in [0.717, 1.165) is 31.2 Å². The molecule has 0 amide bonds. The van der Waals surface area contributed by atoms with E-state index < -0.39 is 0 Å². The van der Waals surface area contributed by atoms with Crippen LogP contribution in [0, 0.1) is 20.8 Å². The number of hydrogen-bond donors (Lipinski definition) is 1. The van der Waals surface area contributed by atoms with Crippen LogP contribution in [0.4, 0.5) is 0 Å². The molecule has 102 valence electrons. The minimum absolute atomic E-state index is 0.777. The fourth-order valence-electron chi connectivity index (χ4n) is 2.47. The van der Waals surface area contributed by atoms with Crippen molar-refractivity contribution in [2.75, 3.05) is 0 Å². The predicted octanol–water partition coefficient (Wildman–Crippen LogP) is 2.51. The van der Waals surface area contributed by atoms with Crippen molar-refractivity contribution in [1.82, 2.24) is 19.9 Å². The minimum Gasteiger partial charge on any atom is -0.349 e. The molecule has 0 saturated heterocycles. The average Bonchev–Trinajstić information content (AvgIpc) is 2.64. The largest absolute Gasteiger partial charge is 0.349 e. The quantitative estimate of drug-likeness (QED) is 0.896. The average molecular weight is 258 g/mol. The van der Waals surface area contributed by atoms with Gasteiger partial charge < -0.3 is 9.88 Å². The van der Waals surface area contributed by atoms with Crippen LogP contribution in [0.1, 0.15) is 35.4 Å². The van der Waals surface area contributed by atoms with Gasteiger partial charge in [-0.15, -0.1) is 0 Å². The number of nitrogens with one attached hydrogen (secondary N) is 1. The zero-order valence-corrected chi connectivity index (χ0v) is 12.2. The maximum absolute atomic E-state index is 4.39. The van der Waals surface area contributed by atoms with E-state index in [-0.39, 0.29) is 0 Å². The molecule has 2 heterocycles. The van der Waals surface area contributed by atoms with Gasteiger partial charge in [-0.2, -0.15) is 0 Å². The van der Waals surface area contributed by atoms with E-state index in [9.17, 15) is 0 Å². The van der Waals surface area contributed by atoms with Crippen LogP contribution in [0.3, 0.4) is 0 Å². The van der Waals surface area contributed by atoms with Crippen molar-refractivity contribution in [3.63, 3.8) is 0 Å². The van der Waals surface area contributed by atoms with E-state index in [0.29, 0.717) is 0 Å². The third kappa shape index (κ3) is 3.20. The van der Waals surface area contributed by atoms with Gasteiger partial charge in [0.05, 0.1) is 5.69 Å². The third-order valence-electron chi connectivity index (χ3n) is 3.45. The summed E-state index contributed by atoms with van der Waals surface area (Å²) in [4.78, 5) is 8.49. The van der Waals surface area contributed by atoms with Gasteiger partial charge in [0.15, 0.2) is 0 Å². The normalized spacial score (nSPS) is 10.9. The lowest BCUT2D eigenvalue weighted by molar-refractivity contribution is 0.663. The van der Waals surface area contributed by atoms with Crippen molar-refractivity contribution in [2.24, 2.45) is 0 Å². The fraction of sp³-hybridized carbons (Fsp3) is 0.467. The van der Waals surface area contributed by atoms with Crippen molar-refractivity contribution in [3.8, 4) is 0 Å². The van der Waals surface area contributed by atoms with E-state index >= 15 is 0 Å². The topological polar surface area (TPSA) is 42.7 Å². The second kappa shape index (κ2) is 5.97. The van der Waals surface area contributed by atoms with Crippen LogP contribution in [-0.2, 0) is 19.6 Å². The van der Waals surface area contributed by atoms with Crippen LogP contribution in [0.15, 0.2) is 18.3 Å². The second-order valence-corrected chi connectivity index (χ2v) is 4.84. The van der Waals surface area contributed by atoms with Crippen molar-refractivity contribution in [3.05, 3.63) is 46.8 Å². The lowest BCUT2D eigenvalue weighted by Crippen LogP contribution is -2.14. The summed E-state index contributed by atoms with van der Waals surface area (Å²) in [6.07, 6.45) is 1.81. The smallest absolute Gasteiger partial charge is 0.125 e. The van der Waals surface area contributed by atoms with Crippen LogP contribution in [-0.4, -0.2) is 14.5 Å². The van der Waals surface area contributed by atoms with Gasteiger partial charge in [-0.1, -0.05) is 0 Å². The highest BCUT2D eigenvalue weighted by molar-refractivity contribution is 5.26. The standard InChI is InChI=1S/C15H22N4/c1-5-19-11(2)8-14(12(19)3)9-16-10-15-6-7-17-13(4)18-15/h6-8,16H,5,9-10H2,1-4H3. The Kier molecular flexibility index (Phi) is 4.32. The molecule has 0 aliphatic carbocycles. The molecule has 0 atom stereocenters. The predicted molar refractivity (Wildman–Crippen MR) is 76.9 cm³/mol. The van der Waals surface area contributed by atoms with Gasteiger partial charge in [0.2, 0.25) is 0 Å². The van der Waals surface area contributed by atoms with Crippen LogP contribution < -0.4 is 5.32 Å². The first-order chi connectivity index (χ1) is 9.11. The molecule has 1 N–H and O–H groups in total. The molecule has 0 aromatic carbocycles. The zero-order valence-electron chi connectivity index (χ0n) is 12.2. The molecule has 2 aromatic rings. The molecule has 4 heteroatoms. The monoisotopic (exact) mass is 258 g/mol. The van der Waals surface area contributed by atoms with E-state index in [1.54, 1.807) is 0 Å². The summed E-state index contributed by atoms with van der Waals surface area (Å²) in [5.74, 6) is 0.823. The molecule has 0 unspecified atom stereocenters. The Morgan fingerprint density at radius 3 is 2.63 bits per heavy atom. The molecular formula is C15H22N4. The first kappa shape index (κ1) is 13.7. The second-order valence-electron chi connectivity index (χ2n) is 4.84. The van der Waals surface area contributed by atoms with Gasteiger partial charge in [-0.05, 0) is 45.4 Å². The zero-order chi connectivity index (χ0) is 13.8. The van der Waals surface area contributed by atoms with E-state index in [2.05, 4.69) is 46.7 Å². The highest BCUT2D eigenvalue weighted by Crippen LogP contribution is 2.14. The van der Waals surface area contributed by atoms with Gasteiger partial charge in [-0.25, -0.2) is 9.97 Å². The SMILES string of the molecule is CCn1c(C)cc(CNCc2ccnc(C)n2)c1C. The van der Waals surface area contributed by atoms with Gasteiger partial charge >= 0.3 is 0 Å². The Balaban J connectivity index is 1.96. The van der Waals surface area contributed by atoms with Crippen molar-refractivity contribution >= 4 is 0 Å². The highest BCUT2D eigenvalue weighted by atomic mass is 15.0. The van der Waals surface area contributed by atoms with E-state index in [4.69, 9.17) is 0 Å². The molecule has 0 saturated carbocycles. The first-order valence-electron chi connectivity index (χ1n) is 6.76. The Labute approximate surface area is 114 Å². The molecule has 0 spiro atoms. The van der Waals surface area contributed by atoms with Crippen LogP contribution in [0.2, 0.25) is 0 Å². The molecule has 0 bridgehead atoms. The Bertz CT molecular complexity index is 557. The summed E-state index contributed by atoms with van der Waals surface area (Å²) < 4.78 is 2.34. The molecule has 0 fully saturated rings. The summed E-state index contributed by atoms with van der Waals surface area (Å²) >= 11 is 0. The Morgan fingerprint density at radius 1 is 1.21 bits per heavy atom. The first-order valence-corrected chi connectivity index (χ1v) is 6.76. The lowest BCUT2D eigenvalue weighted by Gasteiger charge is -2.07. The Hall–Kier alpha value is -1.68. The maximum Gasteiger partial charge on any atom is 0.125 e. The van der Waals surface area contributed by atoms with Crippen LogP contribution in [0.5, 0.6) is 0 Å². The van der Waals surface area contributed by atoms with Gasteiger partial charge in [0, 0.05) is 37.2 Å². The van der Waals surface area contributed by atoms with Crippen molar-refractivity contribution in [2.45, 2.75) is 47.3 Å². The van der Waals surface area contributed by atoms with Gasteiger partial charge in [0.25, 0.3) is 0 Å². The lowest BCUT2D eigenvalue weighted by atomic mass is 10.2. The summed E-state index contributed by atoms with van der Waals surface area (Å²) in [5, 5.41) is 3.45. The molecule has 2 rings (SSSR count). The fourth-order valence-corrected chi connectivity index (χ4v) is 2.47. The Morgan fingerprint density at radius 2 is 2.00 bits per heavy atom. The minimum atomic E-state index is 0.777. The molecular weight excluding hydrogens is 236 g/mol. The molecule has 0 radical (unpaired) electrons. The third-order valence-corrected chi connectivity index (χ3v) is 3.45. The highest BCUT2D eigenvalue weighted by Gasteiger charge is 2.07.